The van der Waals surface area contributed by atoms with Gasteiger partial charge in [0, 0.05) is 54.9 Å². The Hall–Kier alpha value is -3.85. The molecule has 10 heteroatoms. The molecule has 0 fully saturated rings. The number of hydrogen-bond acceptors (Lipinski definition) is 7. The predicted molar refractivity (Wildman–Crippen MR) is 128 cm³/mol. The number of nitrogens with zero attached hydrogens (tertiary/aromatic N) is 5. The molecule has 0 saturated carbocycles. The first kappa shape index (κ1) is 23.8. The van der Waals surface area contributed by atoms with Crippen molar-refractivity contribution in [3.63, 3.8) is 0 Å². The minimum absolute atomic E-state index is 0. The molecule has 0 saturated heterocycles. The highest BCUT2D eigenvalue weighted by atomic mass is 35.5. The lowest BCUT2D eigenvalue weighted by atomic mass is 10.1. The van der Waals surface area contributed by atoms with Gasteiger partial charge >= 0.3 is 5.97 Å². The number of carboxylic acids is 1. The van der Waals surface area contributed by atoms with Crippen molar-refractivity contribution in [1.29, 1.82) is 0 Å². The SMILES string of the molecule is COc1cc(OC)cc(N(CCC(=O)O)c2ccc3ncc(-c4cnn(C)c4)nc3c2)c1.Cl. The molecule has 4 rings (SSSR count). The zero-order valence-corrected chi connectivity index (χ0v) is 19.2. The first-order valence-electron chi connectivity index (χ1n) is 9.95. The summed E-state index contributed by atoms with van der Waals surface area (Å²) >= 11 is 0. The third kappa shape index (κ3) is 5.32. The summed E-state index contributed by atoms with van der Waals surface area (Å²) in [5.41, 5.74) is 4.54. The van der Waals surface area contributed by atoms with Crippen LogP contribution >= 0.6 is 12.4 Å². The summed E-state index contributed by atoms with van der Waals surface area (Å²) < 4.78 is 12.5. The molecule has 0 aliphatic rings. The quantitative estimate of drug-likeness (QED) is 0.411. The summed E-state index contributed by atoms with van der Waals surface area (Å²) in [7, 11) is 5.00. The number of carboxylic acid groups (broad SMARTS) is 1. The molecule has 0 bridgehead atoms. The minimum Gasteiger partial charge on any atom is -0.497 e. The van der Waals surface area contributed by atoms with Crippen LogP contribution in [0.5, 0.6) is 11.5 Å². The fourth-order valence-electron chi connectivity index (χ4n) is 3.42. The van der Waals surface area contributed by atoms with E-state index in [0.29, 0.717) is 22.7 Å². The Morgan fingerprint density at radius 3 is 2.36 bits per heavy atom. The smallest absolute Gasteiger partial charge is 0.305 e. The second-order valence-corrected chi connectivity index (χ2v) is 7.20. The van der Waals surface area contributed by atoms with Crippen LogP contribution in [-0.2, 0) is 11.8 Å². The van der Waals surface area contributed by atoms with E-state index in [-0.39, 0.29) is 25.4 Å². The highest BCUT2D eigenvalue weighted by molar-refractivity contribution is 5.85. The molecular weight excluding hydrogens is 446 g/mol. The van der Waals surface area contributed by atoms with Gasteiger partial charge in [0.1, 0.15) is 11.5 Å². The van der Waals surface area contributed by atoms with Crippen molar-refractivity contribution in [1.82, 2.24) is 19.7 Å². The highest BCUT2D eigenvalue weighted by Gasteiger charge is 2.15. The molecule has 0 amide bonds. The number of aryl methyl sites for hydroxylation is 1. The van der Waals surface area contributed by atoms with E-state index in [9.17, 15) is 9.90 Å². The van der Waals surface area contributed by atoms with E-state index >= 15 is 0 Å². The van der Waals surface area contributed by atoms with Gasteiger partial charge in [-0.2, -0.15) is 5.10 Å². The highest BCUT2D eigenvalue weighted by Crippen LogP contribution is 2.34. The standard InChI is InChI=1S/C23H23N5O4.ClH/c1-27-14-15(12-25-27)22-13-24-20-5-4-16(10-21(20)26-22)28(7-6-23(29)30)17-8-18(31-2)11-19(9-17)32-3;/h4-5,8-14H,6-7H2,1-3H3,(H,29,30);1H. The number of rotatable bonds is 8. The van der Waals surface area contributed by atoms with E-state index in [1.54, 1.807) is 37.4 Å². The third-order valence-electron chi connectivity index (χ3n) is 5.04. The minimum atomic E-state index is -0.885. The van der Waals surface area contributed by atoms with E-state index in [0.717, 1.165) is 22.5 Å². The van der Waals surface area contributed by atoms with Crippen LogP contribution in [0.25, 0.3) is 22.3 Å². The number of aliphatic carboxylic acids is 1. The molecule has 1 N–H and O–H groups in total. The van der Waals surface area contributed by atoms with Crippen LogP contribution in [0, 0.1) is 0 Å². The van der Waals surface area contributed by atoms with Crippen LogP contribution in [0.15, 0.2) is 55.0 Å². The molecule has 0 radical (unpaired) electrons. The monoisotopic (exact) mass is 469 g/mol. The van der Waals surface area contributed by atoms with Gasteiger partial charge in [-0.25, -0.2) is 4.98 Å². The summed E-state index contributed by atoms with van der Waals surface area (Å²) in [6.45, 7) is 0.257. The molecule has 0 spiro atoms. The third-order valence-corrected chi connectivity index (χ3v) is 5.04. The number of aromatic nitrogens is 4. The maximum atomic E-state index is 11.3. The molecule has 2 heterocycles. The van der Waals surface area contributed by atoms with Crippen LogP contribution in [0.4, 0.5) is 11.4 Å². The van der Waals surface area contributed by atoms with Crippen molar-refractivity contribution in [2.75, 3.05) is 25.7 Å². The zero-order valence-electron chi connectivity index (χ0n) is 18.4. The lowest BCUT2D eigenvalue weighted by molar-refractivity contribution is -0.136. The van der Waals surface area contributed by atoms with Crippen molar-refractivity contribution in [3.05, 3.63) is 55.0 Å². The van der Waals surface area contributed by atoms with Crippen LogP contribution in [-0.4, -0.2) is 51.6 Å². The predicted octanol–water partition coefficient (Wildman–Crippen LogP) is 4.08. The average Bonchev–Trinajstić information content (AvgIpc) is 3.24. The van der Waals surface area contributed by atoms with Crippen LogP contribution in [0.3, 0.4) is 0 Å². The summed E-state index contributed by atoms with van der Waals surface area (Å²) in [4.78, 5) is 22.5. The Balaban J connectivity index is 0.00000306. The fraction of sp³-hybridized carbons (Fsp3) is 0.217. The molecule has 0 aliphatic carbocycles. The second kappa shape index (κ2) is 10.2. The summed E-state index contributed by atoms with van der Waals surface area (Å²) in [5, 5.41) is 13.5. The Morgan fingerprint density at radius 2 is 1.76 bits per heavy atom. The first-order valence-corrected chi connectivity index (χ1v) is 9.95. The molecule has 0 atom stereocenters. The zero-order chi connectivity index (χ0) is 22.7. The number of halogens is 1. The number of carbonyl (C=O) groups is 1. The van der Waals surface area contributed by atoms with Gasteiger partial charge < -0.3 is 19.5 Å². The summed E-state index contributed by atoms with van der Waals surface area (Å²) in [6.07, 6.45) is 5.29. The van der Waals surface area contributed by atoms with E-state index in [4.69, 9.17) is 14.5 Å². The van der Waals surface area contributed by atoms with E-state index in [1.165, 1.54) is 0 Å². The number of benzene rings is 2. The molecule has 4 aromatic rings. The molecule has 0 aliphatic heterocycles. The van der Waals surface area contributed by atoms with Crippen LogP contribution in [0.1, 0.15) is 6.42 Å². The lowest BCUT2D eigenvalue weighted by Gasteiger charge is -2.25. The first-order chi connectivity index (χ1) is 15.5. The Morgan fingerprint density at radius 1 is 1.03 bits per heavy atom. The van der Waals surface area contributed by atoms with Crippen molar-refractivity contribution >= 4 is 40.8 Å². The van der Waals surface area contributed by atoms with Crippen LogP contribution < -0.4 is 14.4 Å². The van der Waals surface area contributed by atoms with E-state index in [2.05, 4.69) is 10.1 Å². The van der Waals surface area contributed by atoms with Gasteiger partial charge in [-0.05, 0) is 18.2 Å². The van der Waals surface area contributed by atoms with Crippen LogP contribution in [0.2, 0.25) is 0 Å². The molecule has 172 valence electrons. The number of ether oxygens (including phenoxy) is 2. The van der Waals surface area contributed by atoms with Crippen molar-refractivity contribution < 1.29 is 19.4 Å². The summed E-state index contributed by atoms with van der Waals surface area (Å²) in [5.74, 6) is 0.336. The van der Waals surface area contributed by atoms with Crippen molar-refractivity contribution in [3.8, 4) is 22.8 Å². The second-order valence-electron chi connectivity index (χ2n) is 7.20. The molecule has 2 aromatic carbocycles. The van der Waals surface area contributed by atoms with Gasteiger partial charge in [0.15, 0.2) is 0 Å². The van der Waals surface area contributed by atoms with Gasteiger partial charge in [0.05, 0.1) is 49.8 Å². The number of fused-ring (bicyclic) bond motifs is 1. The normalized spacial score (nSPS) is 10.5. The van der Waals surface area contributed by atoms with Crippen molar-refractivity contribution in [2.45, 2.75) is 6.42 Å². The molecule has 2 aromatic heterocycles. The number of methoxy groups -OCH3 is 2. The largest absolute Gasteiger partial charge is 0.497 e. The van der Waals surface area contributed by atoms with Gasteiger partial charge in [-0.15, -0.1) is 12.4 Å². The van der Waals surface area contributed by atoms with E-state index in [1.807, 2.05) is 48.5 Å². The maximum Gasteiger partial charge on any atom is 0.305 e. The Kier molecular flexibility index (Phi) is 7.34. The molecule has 9 nitrogen and oxygen atoms in total. The topological polar surface area (TPSA) is 103 Å². The Labute approximate surface area is 197 Å². The number of anilines is 2. The van der Waals surface area contributed by atoms with Crippen molar-refractivity contribution in [2.24, 2.45) is 7.05 Å². The maximum absolute atomic E-state index is 11.3. The lowest BCUT2D eigenvalue weighted by Crippen LogP contribution is -2.21. The average molecular weight is 470 g/mol. The van der Waals surface area contributed by atoms with Gasteiger partial charge in [-0.3, -0.25) is 14.5 Å². The van der Waals surface area contributed by atoms with Gasteiger partial charge in [-0.1, -0.05) is 0 Å². The van der Waals surface area contributed by atoms with Gasteiger partial charge in [0.25, 0.3) is 0 Å². The molecule has 0 unspecified atom stereocenters. The molecule has 33 heavy (non-hydrogen) atoms. The molecular formula is C23H24ClN5O4. The fourth-order valence-corrected chi connectivity index (χ4v) is 3.42. The summed E-state index contributed by atoms with van der Waals surface area (Å²) in [6, 6.07) is 11.1. The number of hydrogen-bond donors (Lipinski definition) is 1. The van der Waals surface area contributed by atoms with Gasteiger partial charge in [0.2, 0.25) is 0 Å². The van der Waals surface area contributed by atoms with E-state index < -0.39 is 5.97 Å². The Bertz CT molecular complexity index is 1250.